The lowest BCUT2D eigenvalue weighted by Crippen LogP contribution is -2.41. The molecule has 0 amide bonds. The van der Waals surface area contributed by atoms with Crippen LogP contribution in [0.4, 0.5) is 0 Å². The number of hydrogen-bond acceptors (Lipinski definition) is 2. The largest absolute Gasteiger partial charge is 0.492 e. The van der Waals surface area contributed by atoms with Crippen LogP contribution in [0.1, 0.15) is 19.3 Å². The number of hydrogen-bond donors (Lipinski definition) is 1. The quantitative estimate of drug-likeness (QED) is 0.524. The molecule has 1 fully saturated rings. The van der Waals surface area contributed by atoms with Gasteiger partial charge in [0.1, 0.15) is 12.4 Å². The highest BCUT2D eigenvalue weighted by Crippen LogP contribution is 2.16. The van der Waals surface area contributed by atoms with Crippen molar-refractivity contribution in [1.29, 1.82) is 0 Å². The molecule has 19 heavy (non-hydrogen) atoms. The van der Waals surface area contributed by atoms with Gasteiger partial charge >= 0.3 is 0 Å². The first-order valence-corrected chi connectivity index (χ1v) is 7.07. The number of nitrogens with two attached hydrogens (primary N) is 1. The Morgan fingerprint density at radius 3 is 2.84 bits per heavy atom. The van der Waals surface area contributed by atoms with Gasteiger partial charge in [-0.3, -0.25) is 0 Å². The Labute approximate surface area is 119 Å². The number of likely N-dealkylation sites (tertiary alicyclic amines) is 1. The van der Waals surface area contributed by atoms with Crippen molar-refractivity contribution in [3.05, 3.63) is 29.3 Å². The van der Waals surface area contributed by atoms with E-state index in [1.165, 1.54) is 19.3 Å². The van der Waals surface area contributed by atoms with Gasteiger partial charge in [0.25, 0.3) is 0 Å². The van der Waals surface area contributed by atoms with Gasteiger partial charge in [0.05, 0.1) is 6.54 Å². The second-order valence-corrected chi connectivity index (χ2v) is 5.03. The molecule has 1 aromatic rings. The second-order valence-electron chi connectivity index (χ2n) is 4.59. The van der Waals surface area contributed by atoms with Gasteiger partial charge in [0, 0.05) is 18.1 Å². The molecule has 4 nitrogen and oxygen atoms in total. The van der Waals surface area contributed by atoms with Crippen LogP contribution in [-0.4, -0.2) is 37.1 Å². The van der Waals surface area contributed by atoms with Gasteiger partial charge < -0.3 is 15.4 Å². The predicted molar refractivity (Wildman–Crippen MR) is 78.9 cm³/mol. The molecule has 2 N–H and O–H groups in total. The number of aliphatic imine (C=N–C) groups is 1. The number of piperidine rings is 1. The van der Waals surface area contributed by atoms with Gasteiger partial charge in [0.15, 0.2) is 5.96 Å². The third-order valence-corrected chi connectivity index (χ3v) is 3.35. The maximum Gasteiger partial charge on any atom is 0.191 e. The highest BCUT2D eigenvalue weighted by Gasteiger charge is 2.11. The molecule has 1 aliphatic heterocycles. The topological polar surface area (TPSA) is 50.9 Å². The minimum absolute atomic E-state index is 0.509. The van der Waals surface area contributed by atoms with Crippen LogP contribution in [-0.2, 0) is 0 Å². The van der Waals surface area contributed by atoms with Crippen molar-refractivity contribution in [1.82, 2.24) is 4.90 Å². The first-order valence-electron chi connectivity index (χ1n) is 6.69. The molecule has 5 heteroatoms. The Hall–Kier alpha value is -1.42. The fourth-order valence-electron chi connectivity index (χ4n) is 2.10. The summed E-state index contributed by atoms with van der Waals surface area (Å²) in [7, 11) is 0. The average molecular weight is 282 g/mol. The lowest BCUT2D eigenvalue weighted by Gasteiger charge is -2.27. The van der Waals surface area contributed by atoms with E-state index < -0.39 is 0 Å². The fourth-order valence-corrected chi connectivity index (χ4v) is 2.28. The van der Waals surface area contributed by atoms with Crippen molar-refractivity contribution < 1.29 is 4.74 Å². The lowest BCUT2D eigenvalue weighted by molar-refractivity contribution is 0.321. The first-order chi connectivity index (χ1) is 9.25. The molecule has 104 valence electrons. The molecule has 0 radical (unpaired) electrons. The van der Waals surface area contributed by atoms with Crippen molar-refractivity contribution in [2.45, 2.75) is 19.3 Å². The van der Waals surface area contributed by atoms with Crippen molar-refractivity contribution in [2.24, 2.45) is 10.7 Å². The van der Waals surface area contributed by atoms with Crippen LogP contribution in [0, 0.1) is 0 Å². The molecule has 0 aliphatic carbocycles. The molecule has 0 saturated carbocycles. The zero-order chi connectivity index (χ0) is 13.5. The number of guanidine groups is 1. The van der Waals surface area contributed by atoms with Crippen molar-refractivity contribution in [3.63, 3.8) is 0 Å². The van der Waals surface area contributed by atoms with Gasteiger partial charge in [-0.25, -0.2) is 4.99 Å². The molecule has 1 saturated heterocycles. The molecule has 0 bridgehead atoms. The predicted octanol–water partition coefficient (Wildman–Crippen LogP) is 2.52. The van der Waals surface area contributed by atoms with Gasteiger partial charge in [-0.2, -0.15) is 0 Å². The standard InChI is InChI=1S/C14H20ClN3O/c15-12-5-4-6-13(11-12)19-10-7-17-14(16)18-8-2-1-3-9-18/h4-6,11H,1-3,7-10H2,(H2,16,17). The van der Waals surface area contributed by atoms with E-state index in [1.807, 2.05) is 18.2 Å². The summed E-state index contributed by atoms with van der Waals surface area (Å²) < 4.78 is 5.56. The molecule has 2 rings (SSSR count). The molecule has 1 heterocycles. The molecule has 0 unspecified atom stereocenters. The summed E-state index contributed by atoms with van der Waals surface area (Å²) >= 11 is 5.88. The average Bonchev–Trinajstić information content (AvgIpc) is 2.44. The van der Waals surface area contributed by atoms with E-state index in [0.717, 1.165) is 18.8 Å². The molecule has 1 aliphatic rings. The highest BCUT2D eigenvalue weighted by molar-refractivity contribution is 6.30. The van der Waals surface area contributed by atoms with E-state index in [0.29, 0.717) is 24.1 Å². The SMILES string of the molecule is NC(=NCCOc1cccc(Cl)c1)N1CCCCC1. The minimum atomic E-state index is 0.509. The Morgan fingerprint density at radius 1 is 1.32 bits per heavy atom. The van der Waals surface area contributed by atoms with Gasteiger partial charge in [0.2, 0.25) is 0 Å². The minimum Gasteiger partial charge on any atom is -0.492 e. The van der Waals surface area contributed by atoms with Gasteiger partial charge in [-0.05, 0) is 37.5 Å². The van der Waals surface area contributed by atoms with Crippen molar-refractivity contribution in [3.8, 4) is 5.75 Å². The molecule has 0 aromatic heterocycles. The second kappa shape index (κ2) is 7.24. The van der Waals surface area contributed by atoms with Crippen molar-refractivity contribution >= 4 is 17.6 Å². The summed E-state index contributed by atoms with van der Waals surface area (Å²) in [5.74, 6) is 1.40. The van der Waals surface area contributed by atoms with E-state index in [-0.39, 0.29) is 0 Å². The van der Waals surface area contributed by atoms with E-state index in [4.69, 9.17) is 22.1 Å². The number of rotatable bonds is 4. The van der Waals surface area contributed by atoms with Crippen LogP contribution in [0.5, 0.6) is 5.75 Å². The monoisotopic (exact) mass is 281 g/mol. The normalized spacial score (nSPS) is 16.5. The molecular weight excluding hydrogens is 262 g/mol. The van der Waals surface area contributed by atoms with Gasteiger partial charge in [-0.15, -0.1) is 0 Å². The summed E-state index contributed by atoms with van der Waals surface area (Å²) in [4.78, 5) is 6.49. The zero-order valence-electron chi connectivity index (χ0n) is 11.0. The number of halogens is 1. The van der Waals surface area contributed by atoms with Crippen LogP contribution in [0.15, 0.2) is 29.3 Å². The maximum atomic E-state index is 5.95. The summed E-state index contributed by atoms with van der Waals surface area (Å²) in [6.07, 6.45) is 3.70. The van der Waals surface area contributed by atoms with Crippen LogP contribution in [0.3, 0.4) is 0 Å². The van der Waals surface area contributed by atoms with Crippen LogP contribution in [0.25, 0.3) is 0 Å². The van der Waals surface area contributed by atoms with Crippen LogP contribution in [0.2, 0.25) is 5.02 Å². The third-order valence-electron chi connectivity index (χ3n) is 3.11. The van der Waals surface area contributed by atoms with E-state index in [1.54, 1.807) is 6.07 Å². The number of ether oxygens (including phenoxy) is 1. The molecule has 0 spiro atoms. The van der Waals surface area contributed by atoms with E-state index in [9.17, 15) is 0 Å². The third kappa shape index (κ3) is 4.63. The smallest absolute Gasteiger partial charge is 0.191 e. The number of benzene rings is 1. The summed E-state index contributed by atoms with van der Waals surface area (Å²) in [6.45, 7) is 3.11. The summed E-state index contributed by atoms with van der Waals surface area (Å²) in [5.41, 5.74) is 5.95. The Morgan fingerprint density at radius 2 is 2.11 bits per heavy atom. The summed E-state index contributed by atoms with van der Waals surface area (Å²) in [5, 5.41) is 0.675. The first kappa shape index (κ1) is 14.0. The Balaban J connectivity index is 1.73. The van der Waals surface area contributed by atoms with Crippen LogP contribution < -0.4 is 10.5 Å². The van der Waals surface area contributed by atoms with Crippen LogP contribution >= 0.6 is 11.6 Å². The molecular formula is C14H20ClN3O. The zero-order valence-corrected chi connectivity index (χ0v) is 11.8. The van der Waals surface area contributed by atoms with E-state index >= 15 is 0 Å². The Bertz CT molecular complexity index is 430. The fraction of sp³-hybridized carbons (Fsp3) is 0.500. The molecule has 1 aromatic carbocycles. The van der Waals surface area contributed by atoms with Gasteiger partial charge in [-0.1, -0.05) is 17.7 Å². The molecule has 0 atom stereocenters. The lowest BCUT2D eigenvalue weighted by atomic mass is 10.1. The Kier molecular flexibility index (Phi) is 5.33. The maximum absolute atomic E-state index is 5.95. The number of nitrogens with zero attached hydrogens (tertiary/aromatic N) is 2. The highest BCUT2D eigenvalue weighted by atomic mass is 35.5. The van der Waals surface area contributed by atoms with Crippen molar-refractivity contribution in [2.75, 3.05) is 26.2 Å². The summed E-state index contributed by atoms with van der Waals surface area (Å²) in [6, 6.07) is 7.35. The van der Waals surface area contributed by atoms with E-state index in [2.05, 4.69) is 9.89 Å².